The largest absolute Gasteiger partial charge is 1.00 e. The van der Waals surface area contributed by atoms with E-state index in [1.807, 2.05) is 8.64 Å². The minimum atomic E-state index is -1.02. The van der Waals surface area contributed by atoms with Gasteiger partial charge in [-0.2, -0.15) is 0 Å². The summed E-state index contributed by atoms with van der Waals surface area (Å²) in [5.74, 6) is 0. The van der Waals surface area contributed by atoms with Gasteiger partial charge in [-0.1, -0.05) is 0 Å². The molecular formula is C27H39Cl2HfP. The molecule has 0 N–H and O–H groups in total. The Morgan fingerprint density at radius 3 is 2.19 bits per heavy atom. The van der Waals surface area contributed by atoms with E-state index in [0.29, 0.717) is 10.3 Å². The van der Waals surface area contributed by atoms with Gasteiger partial charge in [0, 0.05) is 0 Å². The molecule has 0 fully saturated rings. The van der Waals surface area contributed by atoms with Crippen molar-refractivity contribution in [3.63, 3.8) is 0 Å². The molecule has 170 valence electrons. The molecule has 2 aliphatic carbocycles. The van der Waals surface area contributed by atoms with Crippen molar-refractivity contribution in [2.75, 3.05) is 0 Å². The Hall–Kier alpha value is 0.320. The predicted molar refractivity (Wildman–Crippen MR) is 129 cm³/mol. The zero-order valence-corrected chi connectivity index (χ0v) is 26.6. The van der Waals surface area contributed by atoms with Crippen LogP contribution in [0.3, 0.4) is 0 Å². The monoisotopic (exact) mass is 644 g/mol. The molecule has 0 aliphatic heterocycles. The number of halogens is 2. The van der Waals surface area contributed by atoms with Crippen molar-refractivity contribution in [1.82, 2.24) is 0 Å². The zero-order chi connectivity index (χ0) is 21.4. The summed E-state index contributed by atoms with van der Waals surface area (Å²) in [4.78, 5) is 0. The van der Waals surface area contributed by atoms with Crippen LogP contribution in [-0.2, 0) is 22.9 Å². The maximum absolute atomic E-state index is 2.62. The molecule has 4 heteroatoms. The summed E-state index contributed by atoms with van der Waals surface area (Å²) in [7, 11) is -0.216. The van der Waals surface area contributed by atoms with Crippen molar-refractivity contribution in [1.29, 1.82) is 0 Å². The third-order valence-corrected chi connectivity index (χ3v) is 16.9. The molecule has 1 aromatic carbocycles. The van der Waals surface area contributed by atoms with Gasteiger partial charge in [0.15, 0.2) is 0 Å². The first kappa shape index (κ1) is 29.4. The van der Waals surface area contributed by atoms with Crippen molar-refractivity contribution in [2.24, 2.45) is 0 Å². The van der Waals surface area contributed by atoms with E-state index in [-0.39, 0.29) is 32.7 Å². The summed E-state index contributed by atoms with van der Waals surface area (Å²) in [5, 5.41) is 2.50. The van der Waals surface area contributed by atoms with Crippen LogP contribution in [0.25, 0.3) is 6.08 Å². The van der Waals surface area contributed by atoms with Gasteiger partial charge in [0.25, 0.3) is 0 Å². The van der Waals surface area contributed by atoms with Gasteiger partial charge < -0.3 is 24.8 Å². The molecule has 31 heavy (non-hydrogen) atoms. The number of hydrogen-bond acceptors (Lipinski definition) is 0. The number of fused-ring (bicyclic) bond motifs is 1. The van der Waals surface area contributed by atoms with Crippen LogP contribution >= 0.6 is 7.92 Å². The van der Waals surface area contributed by atoms with Crippen LogP contribution in [0, 0.1) is 0 Å². The average molecular weight is 644 g/mol. The van der Waals surface area contributed by atoms with Crippen LogP contribution in [0.4, 0.5) is 0 Å². The van der Waals surface area contributed by atoms with Gasteiger partial charge in [-0.25, -0.2) is 0 Å². The van der Waals surface area contributed by atoms with Crippen LogP contribution in [0.15, 0.2) is 50.1 Å². The van der Waals surface area contributed by atoms with E-state index in [2.05, 4.69) is 91.8 Å². The fourth-order valence-corrected chi connectivity index (χ4v) is 17.5. The quantitative estimate of drug-likeness (QED) is 0.331. The van der Waals surface area contributed by atoms with Gasteiger partial charge in [0.1, 0.15) is 0 Å². The molecule has 0 amide bonds. The van der Waals surface area contributed by atoms with E-state index in [4.69, 9.17) is 0 Å². The van der Waals surface area contributed by atoms with Gasteiger partial charge in [-0.05, 0) is 0 Å². The molecule has 0 saturated carbocycles. The molecule has 1 unspecified atom stereocenters. The normalized spacial score (nSPS) is 18.2. The van der Waals surface area contributed by atoms with Crippen molar-refractivity contribution in [2.45, 2.75) is 95.1 Å². The van der Waals surface area contributed by atoms with Gasteiger partial charge in [-0.15, -0.1) is 0 Å². The van der Waals surface area contributed by atoms with Crippen molar-refractivity contribution in [3.8, 4) is 0 Å². The van der Waals surface area contributed by atoms with E-state index >= 15 is 0 Å². The van der Waals surface area contributed by atoms with Crippen molar-refractivity contribution >= 4 is 14.0 Å². The third-order valence-electron chi connectivity index (χ3n) is 6.06. The Morgan fingerprint density at radius 2 is 1.61 bits per heavy atom. The third kappa shape index (κ3) is 6.68. The molecule has 2 aliphatic rings. The van der Waals surface area contributed by atoms with Crippen LogP contribution in [0.5, 0.6) is 0 Å². The van der Waals surface area contributed by atoms with E-state index in [1.165, 1.54) is 31.2 Å². The van der Waals surface area contributed by atoms with Gasteiger partial charge in [0.2, 0.25) is 0 Å². The molecule has 0 radical (unpaired) electrons. The molecule has 1 atom stereocenters. The summed E-state index contributed by atoms with van der Waals surface area (Å²) in [6.07, 6.45) is 10.3. The second-order valence-corrected chi connectivity index (χ2v) is 19.8. The zero-order valence-electron chi connectivity index (χ0n) is 20.6. The number of hydrogen-bond donors (Lipinski definition) is 0. The summed E-state index contributed by atoms with van der Waals surface area (Å²) >= 11 is -1.02. The SMILES string of the molecule is CCCCC1=[C]([Hf+2][CH]2C(P(C(C)(C)C)C(C)(C)C)=Cc3ccccc32)CC=C1C.[Cl-].[Cl-]. The van der Waals surface area contributed by atoms with Crippen molar-refractivity contribution in [3.05, 3.63) is 61.3 Å². The first-order valence-electron chi connectivity index (χ1n) is 11.3. The van der Waals surface area contributed by atoms with Crippen LogP contribution in [-0.4, -0.2) is 10.3 Å². The molecule has 0 saturated heterocycles. The van der Waals surface area contributed by atoms with Crippen LogP contribution in [0.2, 0.25) is 0 Å². The van der Waals surface area contributed by atoms with Crippen molar-refractivity contribution < 1.29 is 47.7 Å². The topological polar surface area (TPSA) is 0 Å². The maximum Gasteiger partial charge on any atom is -1.00 e. The first-order chi connectivity index (χ1) is 13.5. The molecule has 0 bridgehead atoms. The molecule has 0 nitrogen and oxygen atoms in total. The molecular weight excluding hydrogens is 605 g/mol. The van der Waals surface area contributed by atoms with Gasteiger partial charge in [0.05, 0.1) is 0 Å². The Balaban J connectivity index is 0.00000240. The Morgan fingerprint density at radius 1 is 1.00 bits per heavy atom. The fraction of sp³-hybridized carbons (Fsp3) is 0.556. The Labute approximate surface area is 216 Å². The smallest absolute Gasteiger partial charge is 1.00 e. The minimum Gasteiger partial charge on any atom is -1.00 e. The van der Waals surface area contributed by atoms with Gasteiger partial charge in [-0.3, -0.25) is 0 Å². The van der Waals surface area contributed by atoms with Crippen LogP contribution < -0.4 is 24.8 Å². The number of benzene rings is 1. The minimum absolute atomic E-state index is 0. The summed E-state index contributed by atoms with van der Waals surface area (Å²) in [5.41, 5.74) is 6.51. The standard InChI is InChI=1S/C17H24P.C10H15.2ClH.Hf/c1-16(2,3)18(17(4,5)6)15-11-13-9-7-8-10-14(13)12-15;1-3-4-7-10-8-5-6-9(10)2;;;/h7-12H,1-6H3;6H,3-5,7H2,1-2H3;2*1H;/q;;;;+2/p-2. The average Bonchev–Trinajstić information content (AvgIpc) is 3.12. The summed E-state index contributed by atoms with van der Waals surface area (Å²) in [6.45, 7) is 19.6. The molecule has 0 aromatic heterocycles. The number of unbranched alkanes of at least 4 members (excludes halogenated alkanes) is 1. The van der Waals surface area contributed by atoms with E-state index in [1.54, 1.807) is 16.7 Å². The summed E-state index contributed by atoms with van der Waals surface area (Å²) < 4.78 is 2.66. The molecule has 0 spiro atoms. The van der Waals surface area contributed by atoms with E-state index in [0.717, 1.165) is 3.67 Å². The maximum atomic E-state index is 2.62. The number of allylic oxidation sites excluding steroid dienone is 5. The molecule has 0 heterocycles. The van der Waals surface area contributed by atoms with Crippen LogP contribution in [0.1, 0.15) is 95.9 Å². The predicted octanol–water partition coefficient (Wildman–Crippen LogP) is 3.05. The fourth-order valence-electron chi connectivity index (χ4n) is 5.19. The Kier molecular flexibility index (Phi) is 11.0. The molecule has 3 rings (SSSR count). The second kappa shape index (κ2) is 11.6. The van der Waals surface area contributed by atoms with E-state index in [9.17, 15) is 0 Å². The Bertz CT molecular complexity index is 839. The van der Waals surface area contributed by atoms with E-state index < -0.39 is 22.9 Å². The number of rotatable bonds is 6. The second-order valence-electron chi connectivity index (χ2n) is 10.6. The first-order valence-corrected chi connectivity index (χ1v) is 16.5. The molecule has 1 aromatic rings. The van der Waals surface area contributed by atoms with Gasteiger partial charge >= 0.3 is 193 Å². The summed E-state index contributed by atoms with van der Waals surface area (Å²) in [6, 6.07) is 9.30.